The number of hydrogen-bond acceptors (Lipinski definition) is 4. The first-order valence-corrected chi connectivity index (χ1v) is 14.6. The van der Waals surface area contributed by atoms with Crippen LogP contribution in [-0.2, 0) is 35.4 Å². The summed E-state index contributed by atoms with van der Waals surface area (Å²) < 4.78 is 15.4. The van der Waals surface area contributed by atoms with E-state index in [9.17, 15) is 0 Å². The summed E-state index contributed by atoms with van der Waals surface area (Å²) >= 11 is 0. The molecule has 0 amide bonds. The van der Waals surface area contributed by atoms with Crippen molar-refractivity contribution < 1.29 is 52.6 Å². The van der Waals surface area contributed by atoms with Gasteiger partial charge in [-0.05, 0) is 24.0 Å². The summed E-state index contributed by atoms with van der Waals surface area (Å²) in [5, 5.41) is 0. The molecule has 2 fully saturated rings. The molecule has 42 heavy (non-hydrogen) atoms. The minimum Gasteiger partial charge on any atom is -1.00 e. The molecule has 4 heterocycles. The van der Waals surface area contributed by atoms with Gasteiger partial charge < -0.3 is 53.2 Å². The monoisotopic (exact) mass is 694 g/mol. The van der Waals surface area contributed by atoms with Crippen molar-refractivity contribution in [3.8, 4) is 0 Å². The lowest BCUT2D eigenvalue weighted by molar-refractivity contribution is -0.688. The average Bonchev–Trinajstić information content (AvgIpc) is 3.03. The third-order valence-corrected chi connectivity index (χ3v) is 7.98. The third-order valence-electron chi connectivity index (χ3n) is 7.98. The molecule has 6 rings (SSSR count). The van der Waals surface area contributed by atoms with Crippen LogP contribution in [0.25, 0.3) is 0 Å². The summed E-state index contributed by atoms with van der Waals surface area (Å²) in [5.41, 5.74) is 7.98. The van der Waals surface area contributed by atoms with E-state index in [0.717, 1.165) is 78.5 Å². The van der Waals surface area contributed by atoms with Gasteiger partial charge in [-0.15, -0.1) is 0 Å². The number of ether oxygens (including phenoxy) is 2. The van der Waals surface area contributed by atoms with Gasteiger partial charge in [0.05, 0.1) is 26.4 Å². The van der Waals surface area contributed by atoms with Gasteiger partial charge in [-0.1, -0.05) is 48.5 Å². The fourth-order valence-electron chi connectivity index (χ4n) is 5.51. The van der Waals surface area contributed by atoms with Crippen LogP contribution in [0.5, 0.6) is 0 Å². The van der Waals surface area contributed by atoms with Crippen LogP contribution in [-0.4, -0.2) is 52.6 Å². The van der Waals surface area contributed by atoms with Crippen LogP contribution in [0.4, 0.5) is 11.4 Å². The largest absolute Gasteiger partial charge is 1.00 e. The Balaban J connectivity index is 0.00000202. The second-order valence-electron chi connectivity index (χ2n) is 10.8. The summed E-state index contributed by atoms with van der Waals surface area (Å²) in [7, 11) is 0. The smallest absolute Gasteiger partial charge is 0.173 e. The van der Waals surface area contributed by atoms with E-state index in [1.807, 2.05) is 0 Å². The minimum atomic E-state index is 0. The maximum absolute atomic E-state index is 5.47. The van der Waals surface area contributed by atoms with Crippen molar-refractivity contribution in [1.29, 1.82) is 0 Å². The highest BCUT2D eigenvalue weighted by Gasteiger charge is 2.14. The first-order chi connectivity index (χ1) is 19.8. The quantitative estimate of drug-likeness (QED) is 0.187. The number of aromatic nitrogens is 2. The molecule has 0 atom stereocenters. The van der Waals surface area contributed by atoms with Crippen molar-refractivity contribution >= 4 is 11.4 Å². The Labute approximate surface area is 271 Å². The maximum Gasteiger partial charge on any atom is 0.173 e. The van der Waals surface area contributed by atoms with Gasteiger partial charge in [0.25, 0.3) is 0 Å². The van der Waals surface area contributed by atoms with Crippen molar-refractivity contribution in [1.82, 2.24) is 0 Å². The summed E-state index contributed by atoms with van der Waals surface area (Å²) in [6, 6.07) is 27.0. The normalized spacial score (nSPS) is 15.0. The molecule has 0 radical (unpaired) electrons. The number of rotatable bonds is 9. The molecule has 0 bridgehead atoms. The molecule has 8 heteroatoms. The maximum atomic E-state index is 5.47. The Bertz CT molecular complexity index is 1230. The lowest BCUT2D eigenvalue weighted by Crippen LogP contribution is -3.00. The number of aryl methyl sites for hydroxylation is 2. The highest BCUT2D eigenvalue weighted by Crippen LogP contribution is 2.15. The molecule has 2 aromatic carbocycles. The lowest BCUT2D eigenvalue weighted by Gasteiger charge is -2.28. The van der Waals surface area contributed by atoms with Crippen LogP contribution in [0, 0.1) is 0 Å². The first-order valence-electron chi connectivity index (χ1n) is 14.6. The molecular weight excluding hydrogens is 656 g/mol. The van der Waals surface area contributed by atoms with Crippen molar-refractivity contribution in [2.75, 3.05) is 62.4 Å². The molecule has 0 aliphatic carbocycles. The van der Waals surface area contributed by atoms with E-state index in [0.29, 0.717) is 0 Å². The van der Waals surface area contributed by atoms with Crippen LogP contribution in [0.2, 0.25) is 0 Å². The van der Waals surface area contributed by atoms with Crippen LogP contribution in [0.3, 0.4) is 0 Å². The Hall–Kier alpha value is -2.78. The van der Waals surface area contributed by atoms with Gasteiger partial charge >= 0.3 is 0 Å². The van der Waals surface area contributed by atoms with E-state index >= 15 is 0 Å². The fraction of sp³-hybridized carbons (Fsp3) is 0.353. The summed E-state index contributed by atoms with van der Waals surface area (Å²) in [6.45, 7) is 8.93. The molecule has 0 unspecified atom stereocenters. The Kier molecular flexibility index (Phi) is 12.4. The number of morpholine rings is 2. The number of nitrogens with zero attached hydrogens (tertiary/aromatic N) is 4. The van der Waals surface area contributed by atoms with Crippen LogP contribution in [0.15, 0.2) is 97.6 Å². The standard InChI is InChI=1S/C34H40N4O2.2BrH/c1(29-3-7-31(8-4-29)27-35-15-11-33(12-16-35)37-19-23-39-24-20-37)2-30-5-9-32(10-6-30)28-36-17-13-34(14-18-36)38-21-25-40-26-22-38;;/h3-18H,1-2,19-28H2;2*1H/q+2;;/p-2. The van der Waals surface area contributed by atoms with Crippen molar-refractivity contribution in [3.63, 3.8) is 0 Å². The third kappa shape index (κ3) is 8.86. The molecule has 2 aliphatic heterocycles. The number of pyridine rings is 2. The molecule has 2 aromatic heterocycles. The van der Waals surface area contributed by atoms with Gasteiger partial charge in [-0.25, -0.2) is 9.13 Å². The molecule has 0 spiro atoms. The Morgan fingerprint density at radius 2 is 0.762 bits per heavy atom. The average molecular weight is 697 g/mol. The minimum absolute atomic E-state index is 0. The van der Waals surface area contributed by atoms with E-state index in [-0.39, 0.29) is 34.0 Å². The van der Waals surface area contributed by atoms with Crippen molar-refractivity contribution in [2.24, 2.45) is 0 Å². The number of benzene rings is 2. The first kappa shape index (κ1) is 32.1. The molecular formula is C34H40Br2N4O2. The zero-order valence-electron chi connectivity index (χ0n) is 24.1. The van der Waals surface area contributed by atoms with E-state index < -0.39 is 0 Å². The van der Waals surface area contributed by atoms with Gasteiger partial charge in [0.1, 0.15) is 0 Å². The van der Waals surface area contributed by atoms with Gasteiger partial charge in [-0.3, -0.25) is 0 Å². The Morgan fingerprint density at radius 1 is 0.452 bits per heavy atom. The van der Waals surface area contributed by atoms with Crippen molar-refractivity contribution in [3.05, 3.63) is 120 Å². The van der Waals surface area contributed by atoms with E-state index in [4.69, 9.17) is 9.47 Å². The van der Waals surface area contributed by atoms with Crippen molar-refractivity contribution in [2.45, 2.75) is 25.9 Å². The zero-order chi connectivity index (χ0) is 27.0. The molecule has 222 valence electrons. The number of hydrogen-bond donors (Lipinski definition) is 0. The Morgan fingerprint density at radius 3 is 1.10 bits per heavy atom. The molecule has 2 saturated heterocycles. The van der Waals surface area contributed by atoms with Gasteiger partial charge in [-0.2, -0.15) is 0 Å². The summed E-state index contributed by atoms with van der Waals surface area (Å²) in [4.78, 5) is 4.78. The highest BCUT2D eigenvalue weighted by atomic mass is 79.9. The van der Waals surface area contributed by atoms with Gasteiger partial charge in [0.15, 0.2) is 37.9 Å². The SMILES string of the molecule is [Br-].[Br-].c1cc(C[n+]2ccc(N3CCOCC3)cc2)ccc1CCc1ccc(C[n+]2ccc(N3CCOCC3)cc2)cc1. The highest BCUT2D eigenvalue weighted by molar-refractivity contribution is 5.44. The predicted molar refractivity (Wildman–Crippen MR) is 158 cm³/mol. The summed E-state index contributed by atoms with van der Waals surface area (Å²) in [5.74, 6) is 0. The number of halogens is 2. The fourth-order valence-corrected chi connectivity index (χ4v) is 5.51. The molecule has 2 aliphatic rings. The molecule has 0 N–H and O–H groups in total. The van der Waals surface area contributed by atoms with Crippen LogP contribution < -0.4 is 52.9 Å². The number of anilines is 2. The van der Waals surface area contributed by atoms with E-state index in [1.165, 1.54) is 33.6 Å². The molecule has 0 saturated carbocycles. The lowest BCUT2D eigenvalue weighted by atomic mass is 10.0. The molecule has 4 aromatic rings. The zero-order valence-corrected chi connectivity index (χ0v) is 27.3. The van der Waals surface area contributed by atoms with Crippen LogP contribution >= 0.6 is 0 Å². The summed E-state index contributed by atoms with van der Waals surface area (Å²) in [6.07, 6.45) is 10.8. The molecule has 6 nitrogen and oxygen atoms in total. The van der Waals surface area contributed by atoms with Gasteiger partial charge in [0.2, 0.25) is 0 Å². The van der Waals surface area contributed by atoms with E-state index in [2.05, 4.69) is 117 Å². The van der Waals surface area contributed by atoms with Gasteiger partial charge in [0, 0.05) is 72.9 Å². The second kappa shape index (κ2) is 16.2. The second-order valence-corrected chi connectivity index (χ2v) is 10.8. The predicted octanol–water partition coefficient (Wildman–Crippen LogP) is -2.18. The van der Waals surface area contributed by atoms with E-state index in [1.54, 1.807) is 0 Å². The van der Waals surface area contributed by atoms with Crippen LogP contribution in [0.1, 0.15) is 22.3 Å². The topological polar surface area (TPSA) is 32.7 Å².